The van der Waals surface area contributed by atoms with Crippen LogP contribution in [0.2, 0.25) is 0 Å². The maximum atomic E-state index is 13.7. The van der Waals surface area contributed by atoms with Crippen molar-refractivity contribution in [2.24, 2.45) is 0 Å². The van der Waals surface area contributed by atoms with Gasteiger partial charge in [-0.05, 0) is 19.1 Å². The second kappa shape index (κ2) is 6.33. The summed E-state index contributed by atoms with van der Waals surface area (Å²) in [4.78, 5) is 12.4. The minimum Gasteiger partial charge on any atom is -0.380 e. The number of aromatic nitrogens is 1. The second-order valence-corrected chi connectivity index (χ2v) is 4.71. The van der Waals surface area contributed by atoms with E-state index in [-0.39, 0.29) is 24.5 Å². The first-order valence-electron chi connectivity index (χ1n) is 6.44. The predicted molar refractivity (Wildman–Crippen MR) is 76.4 cm³/mol. The van der Waals surface area contributed by atoms with Crippen molar-refractivity contribution < 1.29 is 9.13 Å². The number of methoxy groups -OCH3 is 1. The highest BCUT2D eigenvalue weighted by molar-refractivity contribution is 5.37. The summed E-state index contributed by atoms with van der Waals surface area (Å²) in [5, 5.41) is 9.17. The normalized spacial score (nSPS) is 10.4. The lowest BCUT2D eigenvalue weighted by molar-refractivity contribution is 0.184. The summed E-state index contributed by atoms with van der Waals surface area (Å²) < 4.78 is 20.1. The van der Waals surface area contributed by atoms with Gasteiger partial charge in [-0.1, -0.05) is 18.2 Å². The molecule has 5 heteroatoms. The third-order valence-corrected chi connectivity index (χ3v) is 3.29. The zero-order chi connectivity index (χ0) is 15.4. The highest BCUT2D eigenvalue weighted by Gasteiger charge is 2.14. The minimum absolute atomic E-state index is 0.0405. The van der Waals surface area contributed by atoms with Gasteiger partial charge in [0.15, 0.2) is 0 Å². The minimum atomic E-state index is -0.423. The molecule has 0 saturated carbocycles. The maximum absolute atomic E-state index is 13.7. The molecule has 1 aromatic heterocycles. The number of rotatable bonds is 4. The molecule has 1 aromatic carbocycles. The van der Waals surface area contributed by atoms with Gasteiger partial charge in [-0.15, -0.1) is 0 Å². The van der Waals surface area contributed by atoms with Crippen molar-refractivity contribution in [3.8, 4) is 6.07 Å². The molecule has 0 aliphatic rings. The Bertz CT molecular complexity index is 760. The third-order valence-electron chi connectivity index (χ3n) is 3.29. The van der Waals surface area contributed by atoms with Gasteiger partial charge in [-0.2, -0.15) is 5.26 Å². The van der Waals surface area contributed by atoms with Crippen molar-refractivity contribution in [2.45, 2.75) is 20.1 Å². The molecule has 0 bridgehead atoms. The molecule has 0 N–H and O–H groups in total. The van der Waals surface area contributed by atoms with Gasteiger partial charge in [0.25, 0.3) is 5.56 Å². The number of benzene rings is 1. The Kier molecular flexibility index (Phi) is 4.51. The molecular weight excluding hydrogens is 271 g/mol. The average molecular weight is 286 g/mol. The second-order valence-electron chi connectivity index (χ2n) is 4.71. The Labute approximate surface area is 122 Å². The van der Waals surface area contributed by atoms with Crippen LogP contribution >= 0.6 is 0 Å². The zero-order valence-electron chi connectivity index (χ0n) is 11.9. The Morgan fingerprint density at radius 1 is 1.33 bits per heavy atom. The Balaban J connectivity index is 2.53. The van der Waals surface area contributed by atoms with Gasteiger partial charge >= 0.3 is 0 Å². The first-order chi connectivity index (χ1) is 10.1. The van der Waals surface area contributed by atoms with Crippen molar-refractivity contribution in [3.63, 3.8) is 0 Å². The van der Waals surface area contributed by atoms with Crippen LogP contribution in [-0.2, 0) is 17.9 Å². The molecule has 0 radical (unpaired) electrons. The topological polar surface area (TPSA) is 55.0 Å². The van der Waals surface area contributed by atoms with Crippen molar-refractivity contribution in [2.75, 3.05) is 7.11 Å². The first-order valence-corrected chi connectivity index (χ1v) is 6.44. The van der Waals surface area contributed by atoms with Crippen molar-refractivity contribution in [1.82, 2.24) is 4.57 Å². The lowest BCUT2D eigenvalue weighted by Crippen LogP contribution is -2.27. The Morgan fingerprint density at radius 2 is 2.05 bits per heavy atom. The van der Waals surface area contributed by atoms with Crippen molar-refractivity contribution in [3.05, 3.63) is 68.9 Å². The number of nitrogens with zero attached hydrogens (tertiary/aromatic N) is 2. The number of hydrogen-bond donors (Lipinski definition) is 0. The molecule has 0 fully saturated rings. The van der Waals surface area contributed by atoms with Crippen LogP contribution in [0.4, 0.5) is 4.39 Å². The maximum Gasteiger partial charge on any atom is 0.269 e. The van der Waals surface area contributed by atoms with Crippen LogP contribution in [0.5, 0.6) is 0 Å². The zero-order valence-corrected chi connectivity index (χ0v) is 11.9. The van der Waals surface area contributed by atoms with E-state index in [4.69, 9.17) is 10.00 Å². The number of ether oxygens (including phenoxy) is 1. The van der Waals surface area contributed by atoms with E-state index in [9.17, 15) is 9.18 Å². The fourth-order valence-corrected chi connectivity index (χ4v) is 2.22. The molecule has 2 aromatic rings. The largest absolute Gasteiger partial charge is 0.380 e. The van der Waals surface area contributed by atoms with Gasteiger partial charge in [0.05, 0.1) is 13.2 Å². The summed E-state index contributed by atoms with van der Waals surface area (Å²) in [5.41, 5.74) is 1.24. The smallest absolute Gasteiger partial charge is 0.269 e. The van der Waals surface area contributed by atoms with Gasteiger partial charge in [0.2, 0.25) is 0 Å². The number of nitriles is 1. The monoisotopic (exact) mass is 286 g/mol. The number of halogens is 1. The van der Waals surface area contributed by atoms with E-state index in [0.29, 0.717) is 16.8 Å². The average Bonchev–Trinajstić information content (AvgIpc) is 2.46. The molecule has 2 rings (SSSR count). The van der Waals surface area contributed by atoms with Gasteiger partial charge in [0.1, 0.15) is 17.4 Å². The standard InChI is InChI=1S/C16H15FN2O2/c1-11-7-13(10-21-2)14(8-18)16(20)19(11)9-12-5-3-4-6-15(12)17/h3-7H,9-10H2,1-2H3. The van der Waals surface area contributed by atoms with Gasteiger partial charge in [0, 0.05) is 23.9 Å². The van der Waals surface area contributed by atoms with Gasteiger partial charge in [-0.3, -0.25) is 4.79 Å². The number of aryl methyl sites for hydroxylation is 1. The Hall–Kier alpha value is -2.45. The third kappa shape index (κ3) is 3.01. The molecule has 0 atom stereocenters. The fourth-order valence-electron chi connectivity index (χ4n) is 2.22. The fraction of sp³-hybridized carbons (Fsp3) is 0.250. The van der Waals surface area contributed by atoms with Crippen molar-refractivity contribution in [1.29, 1.82) is 5.26 Å². The van der Waals surface area contributed by atoms with Crippen LogP contribution in [0.1, 0.15) is 22.4 Å². The summed E-state index contributed by atoms with van der Waals surface area (Å²) in [7, 11) is 1.50. The molecule has 0 saturated heterocycles. The van der Waals surface area contributed by atoms with Crippen LogP contribution in [-0.4, -0.2) is 11.7 Å². The highest BCUT2D eigenvalue weighted by atomic mass is 19.1. The first kappa shape index (κ1) is 14.9. The molecule has 0 unspecified atom stereocenters. The molecule has 0 amide bonds. The van der Waals surface area contributed by atoms with Gasteiger partial charge in [-0.25, -0.2) is 4.39 Å². The summed E-state index contributed by atoms with van der Waals surface area (Å²) in [6, 6.07) is 9.91. The van der Waals surface area contributed by atoms with Crippen LogP contribution < -0.4 is 5.56 Å². The summed E-state index contributed by atoms with van der Waals surface area (Å²) in [6.45, 7) is 2.04. The van der Waals surface area contributed by atoms with E-state index in [2.05, 4.69) is 0 Å². The van der Waals surface area contributed by atoms with E-state index < -0.39 is 5.56 Å². The summed E-state index contributed by atoms with van der Waals surface area (Å²) >= 11 is 0. The summed E-state index contributed by atoms with van der Waals surface area (Å²) in [5.74, 6) is -0.372. The SMILES string of the molecule is COCc1cc(C)n(Cc2ccccc2F)c(=O)c1C#N. The predicted octanol–water partition coefficient (Wildman–Crippen LogP) is 2.36. The van der Waals surface area contributed by atoms with Crippen molar-refractivity contribution >= 4 is 0 Å². The molecule has 0 spiro atoms. The molecule has 108 valence electrons. The molecule has 0 aliphatic carbocycles. The van der Waals surface area contributed by atoms with Gasteiger partial charge < -0.3 is 9.30 Å². The molecule has 4 nitrogen and oxygen atoms in total. The highest BCUT2D eigenvalue weighted by Crippen LogP contribution is 2.12. The number of pyridine rings is 1. The molecule has 0 aliphatic heterocycles. The Morgan fingerprint density at radius 3 is 2.67 bits per heavy atom. The van der Waals surface area contributed by atoms with E-state index in [1.54, 1.807) is 31.2 Å². The van der Waals surface area contributed by atoms with Crippen LogP contribution in [0.3, 0.4) is 0 Å². The van der Waals surface area contributed by atoms with E-state index in [0.717, 1.165) is 0 Å². The number of hydrogen-bond acceptors (Lipinski definition) is 3. The molecule has 21 heavy (non-hydrogen) atoms. The molecular formula is C16H15FN2O2. The lowest BCUT2D eigenvalue weighted by Gasteiger charge is -2.13. The van der Waals surface area contributed by atoms with Crippen LogP contribution in [0.25, 0.3) is 0 Å². The van der Waals surface area contributed by atoms with E-state index in [1.807, 2.05) is 6.07 Å². The van der Waals surface area contributed by atoms with E-state index >= 15 is 0 Å². The molecule has 1 heterocycles. The summed E-state index contributed by atoms with van der Waals surface area (Å²) in [6.07, 6.45) is 0. The quantitative estimate of drug-likeness (QED) is 0.867. The lowest BCUT2D eigenvalue weighted by atomic mass is 10.1. The van der Waals surface area contributed by atoms with Crippen LogP contribution in [0.15, 0.2) is 35.1 Å². The van der Waals surface area contributed by atoms with E-state index in [1.165, 1.54) is 17.7 Å². The van der Waals surface area contributed by atoms with Crippen LogP contribution in [0, 0.1) is 24.1 Å².